The van der Waals surface area contributed by atoms with E-state index in [-0.39, 0.29) is 17.2 Å². The van der Waals surface area contributed by atoms with E-state index in [0.717, 1.165) is 21.9 Å². The van der Waals surface area contributed by atoms with E-state index >= 15 is 0 Å². The van der Waals surface area contributed by atoms with E-state index in [2.05, 4.69) is 0 Å². The van der Waals surface area contributed by atoms with Crippen LogP contribution in [0.2, 0.25) is 0 Å². The lowest BCUT2D eigenvalue weighted by Gasteiger charge is -2.35. The maximum Gasteiger partial charge on any atom is 0.270 e. The fourth-order valence-corrected chi connectivity index (χ4v) is 6.37. The first-order valence-electron chi connectivity index (χ1n) is 12.6. The number of nitrogens with zero attached hydrogens (tertiary/aromatic N) is 3. The van der Waals surface area contributed by atoms with Crippen LogP contribution >= 0.6 is 0 Å². The molecule has 0 aliphatic carbocycles. The van der Waals surface area contributed by atoms with Crippen molar-refractivity contribution in [1.29, 1.82) is 0 Å². The van der Waals surface area contributed by atoms with E-state index < -0.39 is 40.5 Å². The Morgan fingerprint density at radius 1 is 0.795 bits per heavy atom. The van der Waals surface area contributed by atoms with Gasteiger partial charge in [-0.1, -0.05) is 66.7 Å². The van der Waals surface area contributed by atoms with Gasteiger partial charge < -0.3 is 4.90 Å². The number of fused-ring (bicyclic) bond motifs is 6. The molecule has 190 valence electrons. The first kappa shape index (κ1) is 23.0. The first-order chi connectivity index (χ1) is 18.9. The predicted octanol–water partition coefficient (Wildman–Crippen LogP) is 5.15. The molecule has 0 aromatic heterocycles. The molecule has 4 atom stereocenters. The molecule has 2 saturated heterocycles. The number of imide groups is 1. The number of carbonyl (C=O) groups is 3. The standard InChI is InChI=1S/C31H21N3O5/c35-29(21-9-5-10-23(17-21)34(38)39)28-26-25(27-24-11-4-3-7-19(24)14-15-32(27)28)30(36)33(31(26)37)22-13-12-18-6-1-2-8-20(18)16-22/h1-17,25-28H/t25-,26-,27+,28+/m1/s1. The monoisotopic (exact) mass is 515 g/mol. The molecule has 3 heterocycles. The van der Waals surface area contributed by atoms with Crippen LogP contribution in [0.1, 0.15) is 27.5 Å². The number of Topliss-reactive ketones (excluding diaryl/α,β-unsaturated/α-hetero) is 1. The second-order valence-corrected chi connectivity index (χ2v) is 10.0. The molecule has 8 nitrogen and oxygen atoms in total. The number of amides is 2. The van der Waals surface area contributed by atoms with Crippen LogP contribution in [0.5, 0.6) is 0 Å². The predicted molar refractivity (Wildman–Crippen MR) is 145 cm³/mol. The normalized spacial score (nSPS) is 23.1. The summed E-state index contributed by atoms with van der Waals surface area (Å²) in [5.74, 6) is -2.96. The number of ketones is 1. The number of nitro groups is 1. The van der Waals surface area contributed by atoms with Crippen LogP contribution < -0.4 is 4.90 Å². The molecule has 3 aliphatic heterocycles. The van der Waals surface area contributed by atoms with Crippen LogP contribution in [0.25, 0.3) is 16.8 Å². The average molecular weight is 516 g/mol. The minimum absolute atomic E-state index is 0.130. The van der Waals surface area contributed by atoms with Crippen molar-refractivity contribution in [2.45, 2.75) is 12.1 Å². The van der Waals surface area contributed by atoms with Gasteiger partial charge in [0.25, 0.3) is 5.69 Å². The Balaban J connectivity index is 1.37. The minimum atomic E-state index is -0.992. The molecule has 0 radical (unpaired) electrons. The Kier molecular flexibility index (Phi) is 5.00. The highest BCUT2D eigenvalue weighted by Gasteiger charge is 2.64. The zero-order chi connectivity index (χ0) is 26.8. The summed E-state index contributed by atoms with van der Waals surface area (Å²) in [6.45, 7) is 0. The van der Waals surface area contributed by atoms with Crippen molar-refractivity contribution in [2.24, 2.45) is 11.8 Å². The number of hydrogen-bond donors (Lipinski definition) is 0. The average Bonchev–Trinajstić information content (AvgIpc) is 3.44. The van der Waals surface area contributed by atoms with Crippen molar-refractivity contribution in [3.05, 3.63) is 124 Å². The number of benzene rings is 4. The van der Waals surface area contributed by atoms with Crippen LogP contribution in [0.15, 0.2) is 97.2 Å². The van der Waals surface area contributed by atoms with Gasteiger partial charge >= 0.3 is 0 Å². The maximum atomic E-state index is 14.1. The van der Waals surface area contributed by atoms with E-state index in [4.69, 9.17) is 0 Å². The van der Waals surface area contributed by atoms with Gasteiger partial charge in [-0.25, -0.2) is 4.90 Å². The topological polar surface area (TPSA) is 101 Å². The summed E-state index contributed by atoms with van der Waals surface area (Å²) in [7, 11) is 0. The van der Waals surface area contributed by atoms with Gasteiger partial charge in [-0.05, 0) is 40.1 Å². The second-order valence-electron chi connectivity index (χ2n) is 10.0. The van der Waals surface area contributed by atoms with E-state index in [0.29, 0.717) is 5.69 Å². The zero-order valence-corrected chi connectivity index (χ0v) is 20.5. The molecule has 8 heteroatoms. The molecule has 0 N–H and O–H groups in total. The van der Waals surface area contributed by atoms with Gasteiger partial charge in [0.15, 0.2) is 5.78 Å². The van der Waals surface area contributed by atoms with Gasteiger partial charge in [0.2, 0.25) is 11.8 Å². The fraction of sp³-hybridized carbons (Fsp3) is 0.129. The Morgan fingerprint density at radius 3 is 2.36 bits per heavy atom. The molecule has 3 aliphatic rings. The summed E-state index contributed by atoms with van der Waals surface area (Å²) in [5, 5.41) is 13.3. The molecule has 7 rings (SSSR count). The lowest BCUT2D eigenvalue weighted by molar-refractivity contribution is -0.384. The molecule has 0 unspecified atom stereocenters. The maximum absolute atomic E-state index is 14.1. The molecule has 0 saturated carbocycles. The number of hydrogen-bond acceptors (Lipinski definition) is 6. The van der Waals surface area contributed by atoms with Crippen molar-refractivity contribution >= 4 is 45.8 Å². The minimum Gasteiger partial charge on any atom is -0.358 e. The van der Waals surface area contributed by atoms with Crippen LogP contribution in [0.4, 0.5) is 11.4 Å². The lowest BCUT2D eigenvalue weighted by atomic mass is 9.83. The van der Waals surface area contributed by atoms with Crippen molar-refractivity contribution in [2.75, 3.05) is 4.90 Å². The highest BCUT2D eigenvalue weighted by Crippen LogP contribution is 2.53. The summed E-state index contributed by atoms with van der Waals surface area (Å²) in [5.41, 5.74) is 2.17. The van der Waals surface area contributed by atoms with Gasteiger partial charge in [-0.2, -0.15) is 0 Å². The van der Waals surface area contributed by atoms with Gasteiger partial charge in [0.05, 0.1) is 28.5 Å². The van der Waals surface area contributed by atoms with Crippen LogP contribution in [0.3, 0.4) is 0 Å². The Labute approximate surface area is 222 Å². The number of anilines is 1. The first-order valence-corrected chi connectivity index (χ1v) is 12.6. The SMILES string of the molecule is O=C(c1cccc([N+](=O)[O-])c1)[C@@H]1[C@@H]2C(=O)N(c3ccc4ccccc4c3)C(=O)[C@H]2[C@@H]2c3ccccc3C=CN12. The van der Waals surface area contributed by atoms with Crippen LogP contribution in [-0.4, -0.2) is 33.5 Å². The van der Waals surface area contributed by atoms with E-state index in [9.17, 15) is 24.5 Å². The number of rotatable bonds is 4. The molecule has 0 spiro atoms. The van der Waals surface area contributed by atoms with Crippen molar-refractivity contribution < 1.29 is 19.3 Å². The third-order valence-electron chi connectivity index (χ3n) is 8.06. The fourth-order valence-electron chi connectivity index (χ4n) is 6.37. The van der Waals surface area contributed by atoms with Crippen LogP contribution in [-0.2, 0) is 9.59 Å². The van der Waals surface area contributed by atoms with E-state index in [1.165, 1.54) is 29.2 Å². The molecular weight excluding hydrogens is 494 g/mol. The number of non-ortho nitro benzene ring substituents is 1. The molecule has 2 amide bonds. The van der Waals surface area contributed by atoms with Crippen molar-refractivity contribution in [1.82, 2.24) is 4.90 Å². The number of carbonyl (C=O) groups excluding carboxylic acids is 3. The third kappa shape index (κ3) is 3.34. The molecule has 0 bridgehead atoms. The smallest absolute Gasteiger partial charge is 0.270 e. The van der Waals surface area contributed by atoms with Gasteiger partial charge in [-0.15, -0.1) is 0 Å². The van der Waals surface area contributed by atoms with Crippen LogP contribution in [0, 0.1) is 22.0 Å². The van der Waals surface area contributed by atoms with Gasteiger partial charge in [-0.3, -0.25) is 24.5 Å². The van der Waals surface area contributed by atoms with Gasteiger partial charge in [0.1, 0.15) is 6.04 Å². The lowest BCUT2D eigenvalue weighted by Crippen LogP contribution is -2.44. The van der Waals surface area contributed by atoms with Crippen molar-refractivity contribution in [3.8, 4) is 0 Å². The highest BCUT2D eigenvalue weighted by atomic mass is 16.6. The second kappa shape index (κ2) is 8.46. The number of nitro benzene ring substituents is 1. The Bertz CT molecular complexity index is 1760. The summed E-state index contributed by atoms with van der Waals surface area (Å²) in [6, 6.07) is 24.8. The molecule has 39 heavy (non-hydrogen) atoms. The van der Waals surface area contributed by atoms with Gasteiger partial charge in [0, 0.05) is 23.9 Å². The summed E-state index contributed by atoms with van der Waals surface area (Å²) in [6.07, 6.45) is 3.64. The van der Waals surface area contributed by atoms with E-state index in [1.54, 1.807) is 17.2 Å². The van der Waals surface area contributed by atoms with E-state index in [1.807, 2.05) is 66.7 Å². The summed E-state index contributed by atoms with van der Waals surface area (Å²) < 4.78 is 0. The summed E-state index contributed by atoms with van der Waals surface area (Å²) in [4.78, 5) is 56.1. The summed E-state index contributed by atoms with van der Waals surface area (Å²) >= 11 is 0. The highest BCUT2D eigenvalue weighted by molar-refractivity contribution is 6.25. The zero-order valence-electron chi connectivity index (χ0n) is 20.5. The third-order valence-corrected chi connectivity index (χ3v) is 8.06. The molecule has 2 fully saturated rings. The Morgan fingerprint density at radius 2 is 1.54 bits per heavy atom. The van der Waals surface area contributed by atoms with Crippen molar-refractivity contribution in [3.63, 3.8) is 0 Å². The molecule has 4 aromatic rings. The largest absolute Gasteiger partial charge is 0.358 e. The molecular formula is C31H21N3O5. The quantitative estimate of drug-likeness (QED) is 0.161. The Hall–Kier alpha value is -5.11. The molecule has 4 aromatic carbocycles.